The molecule has 3 aromatic rings. The van der Waals surface area contributed by atoms with Crippen LogP contribution in [0.1, 0.15) is 42.3 Å². The van der Waals surface area contributed by atoms with Crippen LogP contribution in [0.4, 0.5) is 5.13 Å². The van der Waals surface area contributed by atoms with Gasteiger partial charge in [0.25, 0.3) is 5.91 Å². The van der Waals surface area contributed by atoms with Gasteiger partial charge in [0.2, 0.25) is 0 Å². The van der Waals surface area contributed by atoms with E-state index in [4.69, 9.17) is 9.72 Å². The molecule has 1 heterocycles. The number of carbonyl (C=O) groups is 1. The summed E-state index contributed by atoms with van der Waals surface area (Å²) in [6, 6.07) is 11.7. The van der Waals surface area contributed by atoms with Gasteiger partial charge in [0.15, 0.2) is 5.13 Å². The van der Waals surface area contributed by atoms with E-state index in [1.165, 1.54) is 10.5 Å². The maximum absolute atomic E-state index is 13.5. The van der Waals surface area contributed by atoms with Crippen LogP contribution < -0.4 is 14.5 Å². The van der Waals surface area contributed by atoms with Gasteiger partial charge in [-0.25, -0.2) is 4.98 Å². The molecule has 6 heteroatoms. The number of aryl methyl sites for hydroxylation is 2. The van der Waals surface area contributed by atoms with Crippen LogP contribution >= 0.6 is 11.3 Å². The Balaban J connectivity index is 1.95. The Bertz CT molecular complexity index is 994. The number of hydrogen-bond donors (Lipinski definition) is 1. The predicted molar refractivity (Wildman–Crippen MR) is 125 cm³/mol. The molecule has 5 nitrogen and oxygen atoms in total. The van der Waals surface area contributed by atoms with Crippen LogP contribution in [-0.2, 0) is 0 Å². The summed E-state index contributed by atoms with van der Waals surface area (Å²) in [5.74, 6) is 0.761. The zero-order chi connectivity index (χ0) is 21.7. The topological polar surface area (TPSA) is 46.9 Å². The van der Waals surface area contributed by atoms with Crippen LogP contribution in [0.2, 0.25) is 0 Å². The summed E-state index contributed by atoms with van der Waals surface area (Å²) in [6.07, 6.45) is 0. The van der Waals surface area contributed by atoms with E-state index in [0.717, 1.165) is 46.3 Å². The highest BCUT2D eigenvalue weighted by Crippen LogP contribution is 2.32. The molecule has 0 aliphatic heterocycles. The number of amides is 1. The Morgan fingerprint density at radius 1 is 1.10 bits per heavy atom. The summed E-state index contributed by atoms with van der Waals surface area (Å²) in [7, 11) is 0. The second-order valence-corrected chi connectivity index (χ2v) is 8.56. The molecule has 0 saturated carbocycles. The van der Waals surface area contributed by atoms with Crippen molar-refractivity contribution in [2.75, 3.05) is 37.7 Å². The highest BCUT2D eigenvalue weighted by atomic mass is 32.1. The summed E-state index contributed by atoms with van der Waals surface area (Å²) in [5, 5.41) is 0.768. The number of fused-ring (bicyclic) bond motifs is 1. The van der Waals surface area contributed by atoms with Gasteiger partial charge in [0.05, 0.1) is 43.0 Å². The number of nitrogens with zero attached hydrogens (tertiary/aromatic N) is 2. The van der Waals surface area contributed by atoms with Crippen molar-refractivity contribution in [3.63, 3.8) is 0 Å². The molecular formula is C24H32N3O2S+. The fraction of sp³-hybridized carbons (Fsp3) is 0.417. The molecule has 0 bridgehead atoms. The first kappa shape index (κ1) is 22.2. The minimum Gasteiger partial charge on any atom is -0.494 e. The zero-order valence-corrected chi connectivity index (χ0v) is 19.4. The lowest BCUT2D eigenvalue weighted by atomic mass is 10.1. The SMILES string of the molecule is CCOc1ccc(C(=O)N(CC[NH+](CC)CC)c2nc3c(C)cc(C)cc3s2)cc1. The van der Waals surface area contributed by atoms with Crippen LogP contribution in [0.25, 0.3) is 10.2 Å². The second-order valence-electron chi connectivity index (χ2n) is 7.55. The number of nitrogens with one attached hydrogen (secondary N) is 1. The molecular weight excluding hydrogens is 394 g/mol. The maximum Gasteiger partial charge on any atom is 0.260 e. The number of quaternary nitrogens is 1. The number of thiazole rings is 1. The lowest BCUT2D eigenvalue weighted by Crippen LogP contribution is -3.12. The van der Waals surface area contributed by atoms with E-state index in [1.54, 1.807) is 11.3 Å². The van der Waals surface area contributed by atoms with Gasteiger partial charge >= 0.3 is 0 Å². The van der Waals surface area contributed by atoms with Crippen molar-refractivity contribution in [2.24, 2.45) is 0 Å². The third-order valence-corrected chi connectivity index (χ3v) is 6.42. The smallest absolute Gasteiger partial charge is 0.260 e. The summed E-state index contributed by atoms with van der Waals surface area (Å²) in [4.78, 5) is 21.7. The average Bonchev–Trinajstić information content (AvgIpc) is 3.16. The third-order valence-electron chi connectivity index (χ3n) is 5.40. The third kappa shape index (κ3) is 4.99. The van der Waals surface area contributed by atoms with Crippen molar-refractivity contribution in [1.82, 2.24) is 4.98 Å². The number of benzene rings is 2. The molecule has 0 aliphatic carbocycles. The number of likely N-dealkylation sites (N-methyl/N-ethyl adjacent to an activating group) is 1. The quantitative estimate of drug-likeness (QED) is 0.565. The van der Waals surface area contributed by atoms with Gasteiger partial charge < -0.3 is 9.64 Å². The molecule has 0 fully saturated rings. The molecule has 0 spiro atoms. The first-order valence-electron chi connectivity index (χ1n) is 10.7. The van der Waals surface area contributed by atoms with E-state index in [-0.39, 0.29) is 5.91 Å². The molecule has 0 saturated heterocycles. The Kier molecular flexibility index (Phi) is 7.45. The van der Waals surface area contributed by atoms with Gasteiger partial charge in [-0.2, -0.15) is 0 Å². The number of rotatable bonds is 9. The summed E-state index contributed by atoms with van der Waals surface area (Å²) in [6.45, 7) is 14.7. The zero-order valence-electron chi connectivity index (χ0n) is 18.6. The van der Waals surface area contributed by atoms with Gasteiger partial charge in [-0.05, 0) is 76.1 Å². The van der Waals surface area contributed by atoms with Crippen LogP contribution in [-0.4, -0.2) is 43.7 Å². The van der Waals surface area contributed by atoms with E-state index >= 15 is 0 Å². The van der Waals surface area contributed by atoms with Crippen LogP contribution in [0.15, 0.2) is 36.4 Å². The van der Waals surface area contributed by atoms with E-state index < -0.39 is 0 Å². The molecule has 1 N–H and O–H groups in total. The van der Waals surface area contributed by atoms with E-state index in [9.17, 15) is 4.79 Å². The van der Waals surface area contributed by atoms with Crippen molar-refractivity contribution in [3.8, 4) is 5.75 Å². The minimum atomic E-state index is -0.0157. The lowest BCUT2D eigenvalue weighted by Gasteiger charge is -2.23. The number of aromatic nitrogens is 1. The fourth-order valence-electron chi connectivity index (χ4n) is 3.65. The van der Waals surface area contributed by atoms with Crippen molar-refractivity contribution < 1.29 is 14.4 Å². The number of carbonyl (C=O) groups excluding carboxylic acids is 1. The van der Waals surface area contributed by atoms with Gasteiger partial charge in [0, 0.05) is 5.56 Å². The van der Waals surface area contributed by atoms with Crippen LogP contribution in [0, 0.1) is 13.8 Å². The molecule has 3 rings (SSSR count). The van der Waals surface area contributed by atoms with Gasteiger partial charge in [0.1, 0.15) is 5.75 Å². The largest absolute Gasteiger partial charge is 0.494 e. The molecule has 0 unspecified atom stereocenters. The second kappa shape index (κ2) is 10.0. The summed E-state index contributed by atoms with van der Waals surface area (Å²) in [5.41, 5.74) is 4.00. The minimum absolute atomic E-state index is 0.0157. The monoisotopic (exact) mass is 426 g/mol. The first-order valence-corrected chi connectivity index (χ1v) is 11.5. The number of hydrogen-bond acceptors (Lipinski definition) is 4. The highest BCUT2D eigenvalue weighted by molar-refractivity contribution is 7.22. The van der Waals surface area contributed by atoms with E-state index in [2.05, 4.69) is 39.8 Å². The van der Waals surface area contributed by atoms with Crippen molar-refractivity contribution in [1.29, 1.82) is 0 Å². The molecule has 0 atom stereocenters. The molecule has 160 valence electrons. The molecule has 0 radical (unpaired) electrons. The molecule has 1 amide bonds. The maximum atomic E-state index is 13.5. The summed E-state index contributed by atoms with van der Waals surface area (Å²) < 4.78 is 6.65. The van der Waals surface area contributed by atoms with Crippen molar-refractivity contribution in [3.05, 3.63) is 53.1 Å². The Labute approximate surface area is 183 Å². The normalized spacial score (nSPS) is 11.3. The lowest BCUT2D eigenvalue weighted by molar-refractivity contribution is -0.894. The standard InChI is InChI=1S/C24H31N3O2S/c1-6-26(7-2)13-14-27(23(28)19-9-11-20(12-10-19)29-8-3)24-25-22-18(5)15-17(4)16-21(22)30-24/h9-12,15-16H,6-8,13-14H2,1-5H3/p+1. The van der Waals surface area contributed by atoms with Gasteiger partial charge in [-0.3, -0.25) is 9.69 Å². The van der Waals surface area contributed by atoms with Gasteiger partial charge in [-0.15, -0.1) is 0 Å². The van der Waals surface area contributed by atoms with E-state index in [0.29, 0.717) is 18.7 Å². The molecule has 2 aromatic carbocycles. The number of anilines is 1. The Morgan fingerprint density at radius 3 is 2.43 bits per heavy atom. The highest BCUT2D eigenvalue weighted by Gasteiger charge is 2.23. The molecule has 30 heavy (non-hydrogen) atoms. The fourth-order valence-corrected chi connectivity index (χ4v) is 4.81. The summed E-state index contributed by atoms with van der Waals surface area (Å²) >= 11 is 1.59. The van der Waals surface area contributed by atoms with Crippen LogP contribution in [0.5, 0.6) is 5.75 Å². The van der Waals surface area contributed by atoms with Crippen molar-refractivity contribution >= 4 is 32.6 Å². The van der Waals surface area contributed by atoms with Gasteiger partial charge in [-0.1, -0.05) is 17.4 Å². The average molecular weight is 427 g/mol. The molecule has 0 aliphatic rings. The Hall–Kier alpha value is -2.44. The Morgan fingerprint density at radius 2 is 1.80 bits per heavy atom. The van der Waals surface area contributed by atoms with Crippen molar-refractivity contribution in [2.45, 2.75) is 34.6 Å². The van der Waals surface area contributed by atoms with Crippen LogP contribution in [0.3, 0.4) is 0 Å². The number of ether oxygens (including phenoxy) is 1. The first-order chi connectivity index (χ1) is 14.5. The molecule has 1 aromatic heterocycles. The van der Waals surface area contributed by atoms with E-state index in [1.807, 2.05) is 36.1 Å². The predicted octanol–water partition coefficient (Wildman–Crippen LogP) is 3.88.